The summed E-state index contributed by atoms with van der Waals surface area (Å²) in [5.74, 6) is 0.648. The predicted octanol–water partition coefficient (Wildman–Crippen LogP) is 1.61. The van der Waals surface area contributed by atoms with Gasteiger partial charge in [-0.2, -0.15) is 0 Å². The van der Waals surface area contributed by atoms with Crippen LogP contribution in [0.2, 0.25) is 0 Å². The number of nitrogens with zero attached hydrogens (tertiary/aromatic N) is 1. The second kappa shape index (κ2) is 4.21. The third kappa shape index (κ3) is 2.21. The molecule has 1 heterocycles. The molecule has 1 aromatic rings. The first-order chi connectivity index (χ1) is 6.97. The Morgan fingerprint density at radius 1 is 1.67 bits per heavy atom. The minimum absolute atomic E-state index is 0.145. The van der Waals surface area contributed by atoms with E-state index >= 15 is 0 Å². The minimum atomic E-state index is -0.145. The lowest BCUT2D eigenvalue weighted by molar-refractivity contribution is 0.0770. The van der Waals surface area contributed by atoms with Gasteiger partial charge in [0.1, 0.15) is 0 Å². The zero-order valence-corrected chi connectivity index (χ0v) is 9.33. The average Bonchev–Trinajstić information content (AvgIpc) is 2.58. The maximum absolute atomic E-state index is 11.7. The highest BCUT2D eigenvalue weighted by Gasteiger charge is 2.17. The third-order valence-electron chi connectivity index (χ3n) is 2.24. The Morgan fingerprint density at radius 3 is 2.67 bits per heavy atom. The molecule has 82 valence electrons. The molecule has 2 N–H and O–H groups in total. The van der Waals surface area contributed by atoms with Crippen molar-refractivity contribution in [3.05, 3.63) is 29.7 Å². The van der Waals surface area contributed by atoms with Gasteiger partial charge in [-0.05, 0) is 25.5 Å². The molecule has 0 aliphatic carbocycles. The van der Waals surface area contributed by atoms with Gasteiger partial charge in [-0.25, -0.2) is 0 Å². The Bertz CT molecular complexity index is 393. The lowest BCUT2D eigenvalue weighted by Crippen LogP contribution is -2.25. The molecule has 1 rings (SSSR count). The van der Waals surface area contributed by atoms with Crippen molar-refractivity contribution in [1.29, 1.82) is 0 Å². The van der Waals surface area contributed by atoms with Crippen molar-refractivity contribution >= 4 is 11.6 Å². The zero-order chi connectivity index (χ0) is 11.6. The Hall–Kier alpha value is -1.71. The summed E-state index contributed by atoms with van der Waals surface area (Å²) in [6, 6.07) is 1.68. The molecule has 4 heteroatoms. The molecular weight excluding hydrogens is 192 g/mol. The zero-order valence-electron chi connectivity index (χ0n) is 9.33. The first-order valence-corrected chi connectivity index (χ1v) is 4.78. The van der Waals surface area contributed by atoms with Crippen LogP contribution < -0.4 is 5.73 Å². The van der Waals surface area contributed by atoms with Crippen molar-refractivity contribution in [1.82, 2.24) is 4.90 Å². The summed E-state index contributed by atoms with van der Waals surface area (Å²) in [5.41, 5.74) is 6.69. The van der Waals surface area contributed by atoms with Gasteiger partial charge < -0.3 is 15.1 Å². The van der Waals surface area contributed by atoms with Crippen molar-refractivity contribution in [2.75, 3.05) is 13.6 Å². The second-order valence-corrected chi connectivity index (χ2v) is 3.47. The molecule has 0 bridgehead atoms. The number of aryl methyl sites for hydroxylation is 1. The highest BCUT2D eigenvalue weighted by atomic mass is 16.4. The highest BCUT2D eigenvalue weighted by Crippen LogP contribution is 2.19. The normalized spacial score (nSPS) is 10.1. The standard InChI is InChI=1S/C11H16N2O2/c1-5-13(4)11(14)9-6-7(2)10(15-9)8(3)12/h6H,3,5,12H2,1-2,4H3. The van der Waals surface area contributed by atoms with E-state index in [0.717, 1.165) is 5.56 Å². The van der Waals surface area contributed by atoms with Crippen molar-refractivity contribution < 1.29 is 9.21 Å². The Labute approximate surface area is 89.4 Å². The monoisotopic (exact) mass is 208 g/mol. The summed E-state index contributed by atoms with van der Waals surface area (Å²) in [6.07, 6.45) is 0. The van der Waals surface area contributed by atoms with Crippen molar-refractivity contribution in [3.8, 4) is 0 Å². The number of hydrogen-bond acceptors (Lipinski definition) is 3. The predicted molar refractivity (Wildman–Crippen MR) is 59.3 cm³/mol. The number of hydrogen-bond donors (Lipinski definition) is 1. The summed E-state index contributed by atoms with van der Waals surface area (Å²) in [7, 11) is 1.72. The average molecular weight is 208 g/mol. The number of furan rings is 1. The van der Waals surface area contributed by atoms with Crippen LogP contribution in [-0.4, -0.2) is 24.4 Å². The first-order valence-electron chi connectivity index (χ1n) is 4.78. The minimum Gasteiger partial charge on any atom is -0.449 e. The molecule has 0 aromatic carbocycles. The summed E-state index contributed by atoms with van der Waals surface area (Å²) < 4.78 is 5.34. The lowest BCUT2D eigenvalue weighted by atomic mass is 10.2. The molecule has 0 saturated carbocycles. The molecule has 1 aromatic heterocycles. The van der Waals surface area contributed by atoms with E-state index in [0.29, 0.717) is 23.8 Å². The number of carbonyl (C=O) groups is 1. The van der Waals surface area contributed by atoms with Gasteiger partial charge in [0, 0.05) is 13.6 Å². The summed E-state index contributed by atoms with van der Waals surface area (Å²) in [6.45, 7) is 7.95. The second-order valence-electron chi connectivity index (χ2n) is 3.47. The summed E-state index contributed by atoms with van der Waals surface area (Å²) in [4.78, 5) is 13.3. The van der Waals surface area contributed by atoms with Gasteiger partial charge in [0.25, 0.3) is 5.91 Å². The van der Waals surface area contributed by atoms with Gasteiger partial charge >= 0.3 is 0 Å². The number of amides is 1. The molecule has 0 aliphatic heterocycles. The fraction of sp³-hybridized carbons (Fsp3) is 0.364. The van der Waals surface area contributed by atoms with Crippen molar-refractivity contribution in [2.24, 2.45) is 5.73 Å². The summed E-state index contributed by atoms with van der Waals surface area (Å²) >= 11 is 0. The Morgan fingerprint density at radius 2 is 2.27 bits per heavy atom. The maximum atomic E-state index is 11.7. The molecular formula is C11H16N2O2. The van der Waals surface area contributed by atoms with Crippen LogP contribution in [0.5, 0.6) is 0 Å². The smallest absolute Gasteiger partial charge is 0.289 e. The van der Waals surface area contributed by atoms with Crippen LogP contribution in [0.25, 0.3) is 5.70 Å². The number of rotatable bonds is 3. The fourth-order valence-corrected chi connectivity index (χ4v) is 1.24. The molecule has 0 aliphatic rings. The van der Waals surface area contributed by atoms with Crippen LogP contribution in [0.3, 0.4) is 0 Å². The fourth-order valence-electron chi connectivity index (χ4n) is 1.24. The van der Waals surface area contributed by atoms with E-state index in [2.05, 4.69) is 6.58 Å². The third-order valence-corrected chi connectivity index (χ3v) is 2.24. The van der Waals surface area contributed by atoms with E-state index in [4.69, 9.17) is 10.2 Å². The van der Waals surface area contributed by atoms with Gasteiger partial charge in [0.15, 0.2) is 11.5 Å². The largest absolute Gasteiger partial charge is 0.449 e. The molecule has 0 saturated heterocycles. The molecule has 0 unspecified atom stereocenters. The molecule has 15 heavy (non-hydrogen) atoms. The van der Waals surface area contributed by atoms with Crippen LogP contribution in [-0.2, 0) is 0 Å². The molecule has 0 atom stereocenters. The molecule has 4 nitrogen and oxygen atoms in total. The molecule has 0 spiro atoms. The van der Waals surface area contributed by atoms with E-state index < -0.39 is 0 Å². The van der Waals surface area contributed by atoms with E-state index in [-0.39, 0.29) is 5.91 Å². The van der Waals surface area contributed by atoms with Crippen LogP contribution >= 0.6 is 0 Å². The highest BCUT2D eigenvalue weighted by molar-refractivity contribution is 5.92. The first kappa shape index (κ1) is 11.4. The molecule has 0 radical (unpaired) electrons. The quantitative estimate of drug-likeness (QED) is 0.820. The van der Waals surface area contributed by atoms with Crippen LogP contribution in [0, 0.1) is 6.92 Å². The van der Waals surface area contributed by atoms with E-state index in [1.165, 1.54) is 0 Å². The van der Waals surface area contributed by atoms with Crippen LogP contribution in [0.1, 0.15) is 28.8 Å². The SMILES string of the molecule is C=C(N)c1oc(C(=O)N(C)CC)cc1C. The van der Waals surface area contributed by atoms with E-state index in [1.54, 1.807) is 18.0 Å². The van der Waals surface area contributed by atoms with Crippen LogP contribution in [0.15, 0.2) is 17.1 Å². The molecule has 1 amide bonds. The van der Waals surface area contributed by atoms with Crippen LogP contribution in [0.4, 0.5) is 0 Å². The lowest BCUT2D eigenvalue weighted by Gasteiger charge is -2.11. The topological polar surface area (TPSA) is 59.5 Å². The number of carbonyl (C=O) groups excluding carboxylic acids is 1. The van der Waals surface area contributed by atoms with E-state index in [1.807, 2.05) is 13.8 Å². The van der Waals surface area contributed by atoms with Gasteiger partial charge in [-0.15, -0.1) is 0 Å². The number of nitrogens with two attached hydrogens (primary N) is 1. The maximum Gasteiger partial charge on any atom is 0.289 e. The Balaban J connectivity index is 3.02. The van der Waals surface area contributed by atoms with Crippen molar-refractivity contribution in [3.63, 3.8) is 0 Å². The summed E-state index contributed by atoms with van der Waals surface area (Å²) in [5, 5.41) is 0. The Kier molecular flexibility index (Phi) is 3.19. The van der Waals surface area contributed by atoms with E-state index in [9.17, 15) is 4.79 Å². The van der Waals surface area contributed by atoms with Gasteiger partial charge in [-0.1, -0.05) is 6.58 Å². The van der Waals surface area contributed by atoms with Gasteiger partial charge in [0.2, 0.25) is 0 Å². The van der Waals surface area contributed by atoms with Gasteiger partial charge in [0.05, 0.1) is 5.70 Å². The van der Waals surface area contributed by atoms with Crippen molar-refractivity contribution in [2.45, 2.75) is 13.8 Å². The van der Waals surface area contributed by atoms with Gasteiger partial charge in [-0.3, -0.25) is 4.79 Å². The molecule has 0 fully saturated rings.